The highest BCUT2D eigenvalue weighted by Crippen LogP contribution is 2.39. The third-order valence-electron chi connectivity index (χ3n) is 6.23. The summed E-state index contributed by atoms with van der Waals surface area (Å²) in [5, 5.41) is 0.499. The molecule has 3 unspecified atom stereocenters. The Morgan fingerprint density at radius 1 is 0.881 bits per heavy atom. The van der Waals surface area contributed by atoms with Gasteiger partial charge in [0.25, 0.3) is 0 Å². The van der Waals surface area contributed by atoms with Gasteiger partial charge in [0.1, 0.15) is 18.8 Å². The Morgan fingerprint density at radius 3 is 2.21 bits per heavy atom. The fourth-order valence-corrected chi connectivity index (χ4v) is 5.81. The van der Waals surface area contributed by atoms with Crippen molar-refractivity contribution in [3.8, 4) is 10.6 Å². The molecule has 4 rings (SSSR count). The fraction of sp³-hybridized carbons (Fsp3) is 0.379. The zero-order valence-corrected chi connectivity index (χ0v) is 24.8. The van der Waals surface area contributed by atoms with Gasteiger partial charge in [0.05, 0.1) is 16.8 Å². The molecular weight excluding hydrogens is 588 g/mol. The van der Waals surface area contributed by atoms with Gasteiger partial charge in [-0.25, -0.2) is 0 Å². The maximum Gasteiger partial charge on any atom is 0.303 e. The van der Waals surface area contributed by atoms with Crippen LogP contribution < -0.4 is 0 Å². The normalized spacial score (nSPS) is 21.7. The maximum atomic E-state index is 12.2. The number of ether oxygens (including phenoxy) is 5. The third-order valence-corrected chi connectivity index (χ3v) is 7.71. The lowest BCUT2D eigenvalue weighted by Crippen LogP contribution is -2.59. The molecule has 222 valence electrons. The number of thiophene rings is 1. The van der Waals surface area contributed by atoms with Gasteiger partial charge in [-0.3, -0.25) is 29.1 Å². The van der Waals surface area contributed by atoms with E-state index in [9.17, 15) is 19.2 Å². The lowest BCUT2D eigenvalue weighted by Gasteiger charge is -2.44. The van der Waals surface area contributed by atoms with Crippen LogP contribution in [0.15, 0.2) is 48.9 Å². The number of carbonyl (C=O) groups excluding carboxylic acids is 4. The first-order valence-electron chi connectivity index (χ1n) is 13.0. The quantitative estimate of drug-likeness (QED) is 0.252. The van der Waals surface area contributed by atoms with Crippen LogP contribution in [0.4, 0.5) is 0 Å². The predicted octanol–water partition coefficient (Wildman–Crippen LogP) is 4.25. The van der Waals surface area contributed by atoms with E-state index in [0.717, 1.165) is 21.0 Å². The van der Waals surface area contributed by atoms with E-state index in [-0.39, 0.29) is 6.61 Å². The molecule has 0 amide bonds. The van der Waals surface area contributed by atoms with Crippen LogP contribution in [0.3, 0.4) is 0 Å². The van der Waals surface area contributed by atoms with Crippen LogP contribution in [0.2, 0.25) is 5.02 Å². The second-order valence-corrected chi connectivity index (χ2v) is 11.1. The molecule has 0 spiro atoms. The fourth-order valence-electron chi connectivity index (χ4n) is 4.63. The van der Waals surface area contributed by atoms with Gasteiger partial charge in [-0.2, -0.15) is 0 Å². The zero-order chi connectivity index (χ0) is 30.4. The molecule has 0 saturated carbocycles. The summed E-state index contributed by atoms with van der Waals surface area (Å²) in [5.74, 6) is -2.66. The Morgan fingerprint density at radius 2 is 1.57 bits per heavy atom. The Bertz CT molecular complexity index is 1450. The summed E-state index contributed by atoms with van der Waals surface area (Å²) < 4.78 is 28.1. The second kappa shape index (κ2) is 13.9. The number of carbonyl (C=O) groups is 4. The molecule has 2 aromatic heterocycles. The summed E-state index contributed by atoms with van der Waals surface area (Å²) in [6, 6.07) is 9.14. The van der Waals surface area contributed by atoms with E-state index in [4.69, 9.17) is 35.3 Å². The first kappa shape index (κ1) is 31.1. The van der Waals surface area contributed by atoms with Crippen molar-refractivity contribution in [3.63, 3.8) is 0 Å². The van der Waals surface area contributed by atoms with Crippen LogP contribution >= 0.6 is 22.9 Å². The predicted molar refractivity (Wildman–Crippen MR) is 151 cm³/mol. The average Bonchev–Trinajstić information content (AvgIpc) is 3.39. The molecule has 3 heterocycles. The molecule has 0 bridgehead atoms. The smallest absolute Gasteiger partial charge is 0.303 e. The summed E-state index contributed by atoms with van der Waals surface area (Å²) in [7, 11) is 0. The second-order valence-electron chi connectivity index (χ2n) is 9.50. The Kier molecular flexibility index (Phi) is 10.3. The minimum atomic E-state index is -1.26. The lowest BCUT2D eigenvalue weighted by molar-refractivity contribution is -0.254. The number of rotatable bonds is 9. The van der Waals surface area contributed by atoms with Crippen LogP contribution in [-0.4, -0.2) is 64.9 Å². The molecular formula is C29H29ClN2O9S. The van der Waals surface area contributed by atoms with Gasteiger partial charge >= 0.3 is 23.9 Å². The Labute approximate surface area is 251 Å². The van der Waals surface area contributed by atoms with Gasteiger partial charge in [0.15, 0.2) is 18.3 Å². The van der Waals surface area contributed by atoms with Crippen LogP contribution in [-0.2, 0) is 49.3 Å². The molecule has 0 radical (unpaired) electrons. The minimum absolute atomic E-state index is 0.310. The Hall–Kier alpha value is -3.87. The van der Waals surface area contributed by atoms with Crippen molar-refractivity contribution in [3.05, 3.63) is 69.9 Å². The zero-order valence-electron chi connectivity index (χ0n) is 23.3. The van der Waals surface area contributed by atoms with Crippen molar-refractivity contribution >= 4 is 46.8 Å². The number of benzene rings is 1. The summed E-state index contributed by atoms with van der Waals surface area (Å²) >= 11 is 8.14. The van der Waals surface area contributed by atoms with Gasteiger partial charge in [-0.1, -0.05) is 23.7 Å². The van der Waals surface area contributed by atoms with Crippen LogP contribution in [0.5, 0.6) is 0 Å². The molecule has 5 atom stereocenters. The van der Waals surface area contributed by atoms with E-state index >= 15 is 0 Å². The molecule has 1 aliphatic rings. The summed E-state index contributed by atoms with van der Waals surface area (Å²) in [6.45, 7) is 4.46. The van der Waals surface area contributed by atoms with Crippen molar-refractivity contribution in [2.24, 2.45) is 0 Å². The first-order chi connectivity index (χ1) is 20.0. The summed E-state index contributed by atoms with van der Waals surface area (Å²) in [4.78, 5) is 58.4. The van der Waals surface area contributed by atoms with E-state index in [1.807, 2.05) is 18.2 Å². The topological polar surface area (TPSA) is 140 Å². The van der Waals surface area contributed by atoms with Crippen LogP contribution in [0.1, 0.15) is 49.8 Å². The molecule has 1 aliphatic heterocycles. The third kappa shape index (κ3) is 7.90. The van der Waals surface area contributed by atoms with E-state index in [0.29, 0.717) is 17.0 Å². The number of hydrogen-bond donors (Lipinski definition) is 0. The standard InChI is InChI=1S/C29H29ClN2O9S/c1-15(33)37-14-24-27(38-16(2)34)29(40-18(4)36)28(39-17(3)35)26(41-24)19-5-7-22(30)20(11-19)12-21-6-8-25(42-21)23-13-31-9-10-32-23/h5-11,13,24,26-29H,12,14H2,1-4H3/t24?,26?,27-,28+,29?/m1/s1. The average molecular weight is 617 g/mol. The summed E-state index contributed by atoms with van der Waals surface area (Å²) in [6.07, 6.45) is -0.353. The maximum absolute atomic E-state index is 12.2. The van der Waals surface area contributed by atoms with Gasteiger partial charge in [0, 0.05) is 56.4 Å². The van der Waals surface area contributed by atoms with Gasteiger partial charge in [0.2, 0.25) is 0 Å². The van der Waals surface area contributed by atoms with Crippen molar-refractivity contribution in [2.75, 3.05) is 6.61 Å². The molecule has 1 fully saturated rings. The monoisotopic (exact) mass is 616 g/mol. The molecule has 42 heavy (non-hydrogen) atoms. The molecule has 13 heteroatoms. The minimum Gasteiger partial charge on any atom is -0.463 e. The first-order valence-corrected chi connectivity index (χ1v) is 14.1. The van der Waals surface area contributed by atoms with Gasteiger partial charge < -0.3 is 23.7 Å². The van der Waals surface area contributed by atoms with Crippen molar-refractivity contribution in [2.45, 2.75) is 64.6 Å². The van der Waals surface area contributed by atoms with Crippen molar-refractivity contribution in [1.29, 1.82) is 0 Å². The number of hydrogen-bond acceptors (Lipinski definition) is 12. The van der Waals surface area contributed by atoms with Crippen molar-refractivity contribution in [1.82, 2.24) is 9.97 Å². The molecule has 1 aromatic carbocycles. The highest BCUT2D eigenvalue weighted by Gasteiger charge is 2.52. The molecule has 3 aromatic rings. The largest absolute Gasteiger partial charge is 0.463 e. The highest BCUT2D eigenvalue weighted by molar-refractivity contribution is 7.15. The van der Waals surface area contributed by atoms with E-state index in [1.54, 1.807) is 42.1 Å². The molecule has 0 N–H and O–H groups in total. The Balaban J connectivity index is 1.71. The van der Waals surface area contributed by atoms with E-state index in [2.05, 4.69) is 9.97 Å². The SMILES string of the molecule is CC(=O)OCC1OC(c2ccc(Cl)c(Cc3ccc(-c4cnccn4)s3)c2)[C@H](OC(C)=O)C(OC(C)=O)[C@@H]1OC(C)=O. The van der Waals surface area contributed by atoms with E-state index in [1.165, 1.54) is 27.7 Å². The molecule has 11 nitrogen and oxygen atoms in total. The lowest BCUT2D eigenvalue weighted by atomic mass is 9.89. The van der Waals surface area contributed by atoms with Crippen LogP contribution in [0.25, 0.3) is 10.6 Å². The van der Waals surface area contributed by atoms with Crippen molar-refractivity contribution < 1.29 is 42.9 Å². The van der Waals surface area contributed by atoms with E-state index < -0.39 is 54.4 Å². The molecule has 1 saturated heterocycles. The highest BCUT2D eigenvalue weighted by atomic mass is 35.5. The molecule has 0 aliphatic carbocycles. The number of esters is 4. The number of aromatic nitrogens is 2. The summed E-state index contributed by atoms with van der Waals surface area (Å²) in [5.41, 5.74) is 2.07. The number of nitrogens with zero attached hydrogens (tertiary/aromatic N) is 2. The van der Waals surface area contributed by atoms with Gasteiger partial charge in [-0.15, -0.1) is 11.3 Å². The van der Waals surface area contributed by atoms with Gasteiger partial charge in [-0.05, 0) is 29.3 Å². The number of halogens is 1. The van der Waals surface area contributed by atoms with Crippen LogP contribution in [0, 0.1) is 0 Å².